The standard InChI is InChI=1S/C57H87N9/c1-34-7-19-40(20-8-34)49-58-50(41-21-9-35(2)10-22-41)62-55(61-49)46-31-47(56-63-51(42-23-11-36(3)12-24-42)59-52(64-56)43-25-13-37(4)14-26-43)33-48(32-46)57-65-53(44-27-15-38(5)16-28-44)60-54(66-57)45-29-17-39(6)18-30-45/h34-48H,7-33H2,1-6H3. The van der Waals surface area contributed by atoms with Crippen molar-refractivity contribution in [2.45, 2.75) is 268 Å². The summed E-state index contributed by atoms with van der Waals surface area (Å²) in [6.07, 6.45) is 32.3. The minimum Gasteiger partial charge on any atom is -0.217 e. The molecule has 0 amide bonds. The van der Waals surface area contributed by atoms with Crippen molar-refractivity contribution >= 4 is 0 Å². The average Bonchev–Trinajstić information content (AvgIpc) is 3.35. The third-order valence-corrected chi connectivity index (χ3v) is 19.2. The first-order valence-electron chi connectivity index (χ1n) is 28.3. The van der Waals surface area contributed by atoms with Crippen LogP contribution in [0.4, 0.5) is 0 Å². The van der Waals surface area contributed by atoms with Gasteiger partial charge in [0.25, 0.3) is 0 Å². The molecule has 0 bridgehead atoms. The Balaban J connectivity index is 1.07. The molecule has 66 heavy (non-hydrogen) atoms. The smallest absolute Gasteiger partial charge is 0.135 e. The van der Waals surface area contributed by atoms with Crippen molar-refractivity contribution < 1.29 is 0 Å². The van der Waals surface area contributed by atoms with Crippen LogP contribution in [0.15, 0.2) is 0 Å². The van der Waals surface area contributed by atoms with E-state index in [0.717, 1.165) is 107 Å². The van der Waals surface area contributed by atoms with Gasteiger partial charge in [-0.3, -0.25) is 0 Å². The maximum absolute atomic E-state index is 5.64. The summed E-state index contributed by atoms with van der Waals surface area (Å²) >= 11 is 0. The maximum atomic E-state index is 5.64. The summed E-state index contributed by atoms with van der Waals surface area (Å²) in [6, 6.07) is 0. The van der Waals surface area contributed by atoms with E-state index < -0.39 is 0 Å². The van der Waals surface area contributed by atoms with Crippen LogP contribution in [0.2, 0.25) is 0 Å². The second-order valence-electron chi connectivity index (χ2n) is 24.8. The molecule has 3 heterocycles. The van der Waals surface area contributed by atoms with Crippen LogP contribution in [0.25, 0.3) is 0 Å². The van der Waals surface area contributed by atoms with Gasteiger partial charge in [-0.05, 0) is 132 Å². The largest absolute Gasteiger partial charge is 0.217 e. The van der Waals surface area contributed by atoms with Crippen molar-refractivity contribution in [3.8, 4) is 0 Å². The van der Waals surface area contributed by atoms with Crippen molar-refractivity contribution in [2.75, 3.05) is 0 Å². The topological polar surface area (TPSA) is 116 Å². The Morgan fingerprint density at radius 1 is 0.182 bits per heavy atom. The number of hydrogen-bond donors (Lipinski definition) is 0. The number of hydrogen-bond acceptors (Lipinski definition) is 9. The number of aromatic nitrogens is 9. The Morgan fingerprint density at radius 3 is 0.439 bits per heavy atom. The molecule has 7 saturated carbocycles. The van der Waals surface area contributed by atoms with E-state index in [0.29, 0.717) is 35.5 Å². The zero-order chi connectivity index (χ0) is 45.3. The van der Waals surface area contributed by atoms with Crippen LogP contribution in [0, 0.1) is 35.5 Å². The molecular weight excluding hydrogens is 811 g/mol. The lowest BCUT2D eigenvalue weighted by Crippen LogP contribution is -2.28. The van der Waals surface area contributed by atoms with Crippen LogP contribution in [0.1, 0.15) is 321 Å². The fourth-order valence-corrected chi connectivity index (χ4v) is 14.0. The van der Waals surface area contributed by atoms with Gasteiger partial charge in [-0.1, -0.05) is 119 Å². The van der Waals surface area contributed by atoms with Crippen molar-refractivity contribution in [2.24, 2.45) is 35.5 Å². The molecule has 0 aliphatic heterocycles. The van der Waals surface area contributed by atoms with E-state index in [1.807, 2.05) is 0 Å². The van der Waals surface area contributed by atoms with Gasteiger partial charge in [0.15, 0.2) is 0 Å². The highest BCUT2D eigenvalue weighted by Gasteiger charge is 2.40. The van der Waals surface area contributed by atoms with Crippen molar-refractivity contribution in [3.63, 3.8) is 0 Å². The molecule has 7 fully saturated rings. The monoisotopic (exact) mass is 898 g/mol. The molecule has 360 valence electrons. The summed E-state index contributed by atoms with van der Waals surface area (Å²) < 4.78 is 0. The molecule has 0 radical (unpaired) electrons. The predicted molar refractivity (Wildman–Crippen MR) is 264 cm³/mol. The zero-order valence-electron chi connectivity index (χ0n) is 42.3. The third-order valence-electron chi connectivity index (χ3n) is 19.2. The fourth-order valence-electron chi connectivity index (χ4n) is 14.0. The van der Waals surface area contributed by atoms with Gasteiger partial charge in [-0.25, -0.2) is 44.9 Å². The summed E-state index contributed by atoms with van der Waals surface area (Å²) in [7, 11) is 0. The minimum atomic E-state index is 0.156. The summed E-state index contributed by atoms with van der Waals surface area (Å²) in [5.74, 6) is 17.4. The molecule has 9 nitrogen and oxygen atoms in total. The lowest BCUT2D eigenvalue weighted by molar-refractivity contribution is 0.298. The Labute approximate surface area is 399 Å². The molecule has 0 saturated heterocycles. The molecule has 7 aliphatic carbocycles. The molecule has 3 aromatic rings. The lowest BCUT2D eigenvalue weighted by Gasteiger charge is -2.35. The molecule has 0 unspecified atom stereocenters. The van der Waals surface area contributed by atoms with Gasteiger partial charge >= 0.3 is 0 Å². The van der Waals surface area contributed by atoms with Crippen LogP contribution in [0.5, 0.6) is 0 Å². The molecule has 9 heteroatoms. The highest BCUT2D eigenvalue weighted by Crippen LogP contribution is 2.49. The molecule has 0 N–H and O–H groups in total. The van der Waals surface area contributed by atoms with Crippen LogP contribution in [0.3, 0.4) is 0 Å². The van der Waals surface area contributed by atoms with Crippen LogP contribution >= 0.6 is 0 Å². The molecule has 0 atom stereocenters. The van der Waals surface area contributed by atoms with E-state index >= 15 is 0 Å². The fraction of sp³-hybridized carbons (Fsp3) is 0.842. The molecule has 0 spiro atoms. The minimum absolute atomic E-state index is 0.156. The van der Waals surface area contributed by atoms with Crippen LogP contribution in [-0.4, -0.2) is 44.9 Å². The van der Waals surface area contributed by atoms with E-state index in [-0.39, 0.29) is 17.8 Å². The predicted octanol–water partition coefficient (Wildman–Crippen LogP) is 14.8. The van der Waals surface area contributed by atoms with E-state index in [1.165, 1.54) is 154 Å². The Morgan fingerprint density at radius 2 is 0.303 bits per heavy atom. The molecule has 0 aromatic carbocycles. The highest BCUT2D eigenvalue weighted by atomic mass is 15.1. The summed E-state index contributed by atoms with van der Waals surface area (Å²) in [4.78, 5) is 50.2. The summed E-state index contributed by atoms with van der Waals surface area (Å²) in [5.41, 5.74) is 0. The second-order valence-corrected chi connectivity index (χ2v) is 24.8. The van der Waals surface area contributed by atoms with E-state index in [9.17, 15) is 0 Å². The molecule has 10 rings (SSSR count). The van der Waals surface area contributed by atoms with Crippen LogP contribution < -0.4 is 0 Å². The van der Waals surface area contributed by atoms with E-state index in [2.05, 4.69) is 41.5 Å². The lowest BCUT2D eigenvalue weighted by atomic mass is 9.73. The maximum Gasteiger partial charge on any atom is 0.135 e. The van der Waals surface area contributed by atoms with Gasteiger partial charge in [0.05, 0.1) is 0 Å². The van der Waals surface area contributed by atoms with Gasteiger partial charge < -0.3 is 0 Å². The van der Waals surface area contributed by atoms with Gasteiger partial charge in [-0.15, -0.1) is 0 Å². The number of rotatable bonds is 9. The first-order chi connectivity index (χ1) is 32.1. The average molecular weight is 898 g/mol. The van der Waals surface area contributed by atoms with Gasteiger partial charge in [0, 0.05) is 53.3 Å². The van der Waals surface area contributed by atoms with Gasteiger partial charge in [0.2, 0.25) is 0 Å². The first-order valence-corrected chi connectivity index (χ1v) is 28.3. The zero-order valence-corrected chi connectivity index (χ0v) is 42.3. The highest BCUT2D eigenvalue weighted by molar-refractivity contribution is 5.20. The normalized spacial score (nSPS) is 38.2. The Bertz CT molecular complexity index is 1680. The Kier molecular flexibility index (Phi) is 14.8. The van der Waals surface area contributed by atoms with Crippen molar-refractivity contribution in [1.29, 1.82) is 0 Å². The Hall–Kier alpha value is -2.97. The molecular formula is C57H87N9. The summed E-state index contributed by atoms with van der Waals surface area (Å²) in [5, 5.41) is 0. The summed E-state index contributed by atoms with van der Waals surface area (Å²) in [6.45, 7) is 14.6. The molecule has 3 aromatic heterocycles. The third kappa shape index (κ3) is 11.1. The molecule has 7 aliphatic rings. The van der Waals surface area contributed by atoms with Crippen LogP contribution in [-0.2, 0) is 0 Å². The SMILES string of the molecule is CC1CCC(c2nc(C3CCC(C)CC3)nc(C3CC(c4nc(C5CCC(C)CC5)nc(C5CCC(C)CC5)n4)CC(c4nc(C5CCC(C)CC5)nc(C5CCC(C)CC5)n4)C3)n2)CC1. The van der Waals surface area contributed by atoms with Gasteiger partial charge in [-0.2, -0.15) is 0 Å². The van der Waals surface area contributed by atoms with E-state index in [1.54, 1.807) is 0 Å². The van der Waals surface area contributed by atoms with E-state index in [4.69, 9.17) is 44.9 Å². The number of nitrogens with zero attached hydrogens (tertiary/aromatic N) is 9. The first kappa shape index (κ1) is 46.7. The second kappa shape index (κ2) is 20.9. The van der Waals surface area contributed by atoms with Gasteiger partial charge in [0.1, 0.15) is 52.4 Å². The van der Waals surface area contributed by atoms with Crippen molar-refractivity contribution in [3.05, 3.63) is 52.4 Å². The van der Waals surface area contributed by atoms with Crippen molar-refractivity contribution in [1.82, 2.24) is 44.9 Å². The quantitative estimate of drug-likeness (QED) is 0.207.